The number of ether oxygens (including phenoxy) is 2. The zero-order valence-corrected chi connectivity index (χ0v) is 21.4. The summed E-state index contributed by atoms with van der Waals surface area (Å²) < 4.78 is 12.0. The average Bonchev–Trinajstić information content (AvgIpc) is 3.49. The number of hydrogen-bond acceptors (Lipinski definition) is 6. The molecule has 188 valence electrons. The number of urea groups is 1. The number of methoxy groups -OCH3 is 2. The minimum atomic E-state index is -0.604. The lowest BCUT2D eigenvalue weighted by molar-refractivity contribution is 0.0587. The van der Waals surface area contributed by atoms with Gasteiger partial charge in [0.25, 0.3) is 0 Å². The molecular formula is C27H29N3O5S. The van der Waals surface area contributed by atoms with E-state index < -0.39 is 11.9 Å². The quantitative estimate of drug-likeness (QED) is 0.472. The van der Waals surface area contributed by atoms with E-state index in [1.807, 2.05) is 22.3 Å². The van der Waals surface area contributed by atoms with Gasteiger partial charge in [-0.25, -0.2) is 14.4 Å². The number of carbonyl (C=O) groups excluding carboxylic acids is 3. The van der Waals surface area contributed by atoms with Crippen LogP contribution in [0.3, 0.4) is 0 Å². The predicted molar refractivity (Wildman–Crippen MR) is 137 cm³/mol. The number of nitrogens with zero attached hydrogens (tertiary/aromatic N) is 2. The van der Waals surface area contributed by atoms with Crippen molar-refractivity contribution in [3.05, 3.63) is 69.4 Å². The van der Waals surface area contributed by atoms with Crippen LogP contribution in [0, 0.1) is 0 Å². The second-order valence-corrected chi connectivity index (χ2v) is 10.1. The van der Waals surface area contributed by atoms with Gasteiger partial charge in [-0.05, 0) is 68.0 Å². The summed E-state index contributed by atoms with van der Waals surface area (Å²) in [6, 6.07) is 7.98. The lowest BCUT2D eigenvalue weighted by Crippen LogP contribution is -2.37. The summed E-state index contributed by atoms with van der Waals surface area (Å²) in [6.45, 7) is 2.53. The Balaban J connectivity index is 1.56. The molecule has 1 atom stereocenters. The second kappa shape index (κ2) is 9.81. The van der Waals surface area contributed by atoms with Gasteiger partial charge >= 0.3 is 18.0 Å². The van der Waals surface area contributed by atoms with Gasteiger partial charge in [0.05, 0.1) is 43.6 Å². The van der Waals surface area contributed by atoms with Crippen molar-refractivity contribution in [2.75, 3.05) is 19.5 Å². The van der Waals surface area contributed by atoms with E-state index in [-0.39, 0.29) is 28.9 Å². The maximum Gasteiger partial charge on any atom is 0.339 e. The van der Waals surface area contributed by atoms with Gasteiger partial charge in [-0.1, -0.05) is 6.92 Å². The molecule has 1 aliphatic heterocycles. The number of nitrogens with one attached hydrogen (secondary N) is 1. The Kier molecular flexibility index (Phi) is 6.57. The topological polar surface area (TPSA) is 89.9 Å². The summed E-state index contributed by atoms with van der Waals surface area (Å²) >= 11 is 1.84. The highest BCUT2D eigenvalue weighted by Gasteiger charge is 2.34. The smallest absolute Gasteiger partial charge is 0.339 e. The van der Waals surface area contributed by atoms with Gasteiger partial charge in [-0.2, -0.15) is 0 Å². The molecular weight excluding hydrogens is 478 g/mol. The number of aryl methyl sites for hydroxylation is 1. The largest absolute Gasteiger partial charge is 0.465 e. The Morgan fingerprint density at radius 1 is 1.06 bits per heavy atom. The molecule has 1 aliphatic carbocycles. The van der Waals surface area contributed by atoms with E-state index in [1.165, 1.54) is 59.8 Å². The molecule has 0 spiro atoms. The first-order chi connectivity index (χ1) is 17.5. The van der Waals surface area contributed by atoms with E-state index in [2.05, 4.69) is 29.1 Å². The summed E-state index contributed by atoms with van der Waals surface area (Å²) in [5.41, 5.74) is 4.23. The third-order valence-corrected chi connectivity index (χ3v) is 8.37. The molecule has 3 aromatic rings. The molecule has 2 amide bonds. The normalized spacial score (nSPS) is 16.3. The summed E-state index contributed by atoms with van der Waals surface area (Å²) in [5, 5.41) is 4.10. The Labute approximate surface area is 213 Å². The molecule has 0 radical (unpaired) electrons. The highest BCUT2D eigenvalue weighted by Crippen LogP contribution is 2.43. The molecule has 0 saturated carbocycles. The van der Waals surface area contributed by atoms with Gasteiger partial charge in [0.2, 0.25) is 0 Å². The molecule has 3 heterocycles. The molecule has 2 aromatic heterocycles. The zero-order valence-electron chi connectivity index (χ0n) is 20.6. The summed E-state index contributed by atoms with van der Waals surface area (Å²) in [6.07, 6.45) is 7.25. The van der Waals surface area contributed by atoms with Crippen LogP contribution in [0.25, 0.3) is 5.00 Å². The van der Waals surface area contributed by atoms with E-state index in [9.17, 15) is 14.4 Å². The summed E-state index contributed by atoms with van der Waals surface area (Å²) in [5.74, 6) is -1.16. The monoisotopic (exact) mass is 507 g/mol. The first kappa shape index (κ1) is 24.1. The van der Waals surface area contributed by atoms with Crippen molar-refractivity contribution < 1.29 is 23.9 Å². The number of hydrogen-bond donors (Lipinski definition) is 1. The van der Waals surface area contributed by atoms with E-state index in [4.69, 9.17) is 9.47 Å². The van der Waals surface area contributed by atoms with Crippen LogP contribution in [0.4, 0.5) is 10.5 Å². The lowest BCUT2D eigenvalue weighted by atomic mass is 9.95. The van der Waals surface area contributed by atoms with Gasteiger partial charge in [0, 0.05) is 22.3 Å². The van der Waals surface area contributed by atoms with Crippen LogP contribution in [-0.4, -0.2) is 41.7 Å². The molecule has 8 nitrogen and oxygen atoms in total. The standard InChI is InChI=1S/C27H29N3O5S/c1-4-21-22-9-7-13-29(22)24-19(17-8-5-6-10-23(17)36-24)15-30(21)27(33)28-20-14-16(25(31)34-2)11-12-18(20)26(32)35-3/h7,9,11-14,21H,4-6,8,10,15H2,1-3H3,(H,28,33)/t21-/m1/s1. The third kappa shape index (κ3) is 4.07. The molecule has 9 heteroatoms. The number of fused-ring (bicyclic) bond motifs is 5. The van der Waals surface area contributed by atoms with Crippen molar-refractivity contribution in [1.82, 2.24) is 9.47 Å². The maximum absolute atomic E-state index is 13.9. The number of amides is 2. The number of anilines is 1. The molecule has 0 bridgehead atoms. The molecule has 1 aromatic carbocycles. The summed E-state index contributed by atoms with van der Waals surface area (Å²) in [4.78, 5) is 41.7. The molecule has 2 aliphatic rings. The van der Waals surface area contributed by atoms with Crippen molar-refractivity contribution in [1.29, 1.82) is 0 Å². The van der Waals surface area contributed by atoms with Crippen LogP contribution < -0.4 is 5.32 Å². The molecule has 0 saturated heterocycles. The Morgan fingerprint density at radius 3 is 2.58 bits per heavy atom. The SMILES string of the molecule is CC[C@@H]1c2cccn2-c2sc3c(c2CN1C(=O)Nc1cc(C(=O)OC)ccc1C(=O)OC)CCCC3. The van der Waals surface area contributed by atoms with Crippen molar-refractivity contribution >= 4 is 35.0 Å². The van der Waals surface area contributed by atoms with Crippen LogP contribution in [0.15, 0.2) is 36.5 Å². The fourth-order valence-corrected chi connectivity index (χ4v) is 6.68. The molecule has 1 N–H and O–H groups in total. The van der Waals surface area contributed by atoms with Gasteiger partial charge in [0.15, 0.2) is 0 Å². The van der Waals surface area contributed by atoms with Crippen LogP contribution in [0.2, 0.25) is 0 Å². The van der Waals surface area contributed by atoms with Crippen molar-refractivity contribution in [2.24, 2.45) is 0 Å². The van der Waals surface area contributed by atoms with E-state index in [0.29, 0.717) is 6.54 Å². The predicted octanol–water partition coefficient (Wildman–Crippen LogP) is 5.49. The first-order valence-corrected chi connectivity index (χ1v) is 13.0. The van der Waals surface area contributed by atoms with E-state index in [1.54, 1.807) is 0 Å². The van der Waals surface area contributed by atoms with Gasteiger partial charge in [-0.3, -0.25) is 0 Å². The second-order valence-electron chi connectivity index (χ2n) is 9.02. The molecule has 5 rings (SSSR count). The number of carbonyl (C=O) groups is 3. The molecule has 0 unspecified atom stereocenters. The van der Waals surface area contributed by atoms with Crippen molar-refractivity contribution in [2.45, 2.75) is 51.6 Å². The van der Waals surface area contributed by atoms with Gasteiger partial charge in [-0.15, -0.1) is 11.3 Å². The van der Waals surface area contributed by atoms with Crippen LogP contribution in [-0.2, 0) is 28.9 Å². The zero-order chi connectivity index (χ0) is 25.4. The first-order valence-electron chi connectivity index (χ1n) is 12.2. The number of esters is 2. The van der Waals surface area contributed by atoms with Crippen molar-refractivity contribution in [3.63, 3.8) is 0 Å². The number of benzene rings is 1. The number of thiophene rings is 1. The van der Waals surface area contributed by atoms with Crippen molar-refractivity contribution in [3.8, 4) is 5.00 Å². The van der Waals surface area contributed by atoms with Crippen LogP contribution in [0.1, 0.15) is 74.6 Å². The number of rotatable bonds is 4. The van der Waals surface area contributed by atoms with E-state index >= 15 is 0 Å². The average molecular weight is 508 g/mol. The minimum absolute atomic E-state index is 0.163. The summed E-state index contributed by atoms with van der Waals surface area (Å²) in [7, 11) is 2.56. The van der Waals surface area contributed by atoms with Gasteiger partial charge < -0.3 is 24.3 Å². The fraction of sp³-hybridized carbons (Fsp3) is 0.370. The van der Waals surface area contributed by atoms with Crippen LogP contribution in [0.5, 0.6) is 0 Å². The lowest BCUT2D eigenvalue weighted by Gasteiger charge is -2.30. The van der Waals surface area contributed by atoms with Crippen LogP contribution >= 0.6 is 11.3 Å². The van der Waals surface area contributed by atoms with Gasteiger partial charge in [0.1, 0.15) is 5.00 Å². The highest BCUT2D eigenvalue weighted by atomic mass is 32.1. The van der Waals surface area contributed by atoms with E-state index in [0.717, 1.165) is 31.4 Å². The molecule has 0 fully saturated rings. The fourth-order valence-electron chi connectivity index (χ4n) is 5.28. The molecule has 36 heavy (non-hydrogen) atoms. The Bertz CT molecular complexity index is 1340. The minimum Gasteiger partial charge on any atom is -0.465 e. The maximum atomic E-state index is 13.9. The third-order valence-electron chi connectivity index (χ3n) is 7.04. The number of aromatic nitrogens is 1. The Morgan fingerprint density at radius 2 is 1.83 bits per heavy atom. The highest BCUT2D eigenvalue weighted by molar-refractivity contribution is 7.15. The Hall–Kier alpha value is -3.59.